The highest BCUT2D eigenvalue weighted by atomic mass is 16.5. The Morgan fingerprint density at radius 2 is 1.76 bits per heavy atom. The van der Waals surface area contributed by atoms with Gasteiger partial charge in [-0.05, 0) is 60.2 Å². The molecule has 0 radical (unpaired) electrons. The molecule has 2 N–H and O–H groups in total. The van der Waals surface area contributed by atoms with Gasteiger partial charge in [-0.25, -0.2) is 0 Å². The van der Waals surface area contributed by atoms with Crippen LogP contribution in [-0.2, 0) is 4.74 Å². The Morgan fingerprint density at radius 1 is 1.08 bits per heavy atom. The average Bonchev–Trinajstić information content (AvgIpc) is 2.93. The van der Waals surface area contributed by atoms with E-state index in [2.05, 4.69) is 62.1 Å². The number of hydrogen-bond acceptors (Lipinski definition) is 5. The van der Waals surface area contributed by atoms with E-state index in [4.69, 9.17) is 4.74 Å². The Labute approximate surface area is 156 Å². The minimum absolute atomic E-state index is 0.242. The highest BCUT2D eigenvalue weighted by molar-refractivity contribution is 4.77. The van der Waals surface area contributed by atoms with Gasteiger partial charge in [-0.3, -0.25) is 4.90 Å². The lowest BCUT2D eigenvalue weighted by Gasteiger charge is -2.28. The van der Waals surface area contributed by atoms with Crippen LogP contribution in [0.2, 0.25) is 0 Å². The zero-order valence-electron chi connectivity index (χ0n) is 17.7. The smallest absolute Gasteiger partial charge is 0.0594 e. The van der Waals surface area contributed by atoms with Crippen LogP contribution in [0.4, 0.5) is 0 Å². The van der Waals surface area contributed by atoms with Gasteiger partial charge >= 0.3 is 0 Å². The Hall–Kier alpha value is -0.200. The summed E-state index contributed by atoms with van der Waals surface area (Å²) in [5, 5.41) is 6.95. The zero-order valence-corrected chi connectivity index (χ0v) is 17.7. The van der Waals surface area contributed by atoms with Crippen LogP contribution < -0.4 is 10.6 Å². The van der Waals surface area contributed by atoms with Crippen molar-refractivity contribution in [3.63, 3.8) is 0 Å². The lowest BCUT2D eigenvalue weighted by Crippen LogP contribution is -2.44. The third-order valence-electron chi connectivity index (χ3n) is 4.89. The van der Waals surface area contributed by atoms with Gasteiger partial charge in [0, 0.05) is 43.8 Å². The maximum Gasteiger partial charge on any atom is 0.0594 e. The van der Waals surface area contributed by atoms with Gasteiger partial charge in [0.25, 0.3) is 0 Å². The molecule has 0 aromatic carbocycles. The third kappa shape index (κ3) is 11.9. The monoisotopic (exact) mass is 356 g/mol. The van der Waals surface area contributed by atoms with Crippen LogP contribution in [0, 0.1) is 0 Å². The fourth-order valence-electron chi connectivity index (χ4n) is 3.30. The molecule has 0 aromatic heterocycles. The first-order valence-corrected chi connectivity index (χ1v) is 10.3. The second-order valence-corrected chi connectivity index (χ2v) is 8.80. The predicted molar refractivity (Wildman–Crippen MR) is 108 cm³/mol. The van der Waals surface area contributed by atoms with Crippen molar-refractivity contribution in [2.45, 2.75) is 71.5 Å². The van der Waals surface area contributed by atoms with Crippen molar-refractivity contribution in [3.05, 3.63) is 0 Å². The summed E-state index contributed by atoms with van der Waals surface area (Å²) in [5.74, 6) is 0. The molecule has 0 aliphatic carbocycles. The molecule has 0 spiro atoms. The second kappa shape index (κ2) is 12.2. The van der Waals surface area contributed by atoms with Crippen molar-refractivity contribution in [2.75, 3.05) is 59.5 Å². The van der Waals surface area contributed by atoms with Gasteiger partial charge in [0.05, 0.1) is 13.2 Å². The highest BCUT2D eigenvalue weighted by Gasteiger charge is 2.19. The van der Waals surface area contributed by atoms with Crippen LogP contribution in [-0.4, -0.2) is 87.0 Å². The van der Waals surface area contributed by atoms with E-state index in [1.165, 1.54) is 32.4 Å². The molecule has 0 aromatic rings. The Kier molecular flexibility index (Phi) is 11.2. The molecule has 1 atom stereocenters. The van der Waals surface area contributed by atoms with Crippen molar-refractivity contribution in [2.24, 2.45) is 0 Å². The summed E-state index contributed by atoms with van der Waals surface area (Å²) in [6, 6.07) is 1.48. The zero-order chi connectivity index (χ0) is 18.7. The number of morpholine rings is 1. The van der Waals surface area contributed by atoms with Crippen LogP contribution >= 0.6 is 0 Å². The van der Waals surface area contributed by atoms with E-state index in [1.807, 2.05) is 0 Å². The van der Waals surface area contributed by atoms with Crippen LogP contribution in [0.25, 0.3) is 0 Å². The number of hydrogen-bond donors (Lipinski definition) is 2. The lowest BCUT2D eigenvalue weighted by atomic mass is 10.1. The average molecular weight is 357 g/mol. The number of rotatable bonds is 7. The molecule has 0 amide bonds. The highest BCUT2D eigenvalue weighted by Crippen LogP contribution is 2.16. The van der Waals surface area contributed by atoms with E-state index < -0.39 is 0 Å². The van der Waals surface area contributed by atoms with Crippen molar-refractivity contribution in [1.82, 2.24) is 20.4 Å². The first-order valence-electron chi connectivity index (χ1n) is 10.3. The summed E-state index contributed by atoms with van der Waals surface area (Å²) in [6.45, 7) is 19.7. The molecule has 2 fully saturated rings. The van der Waals surface area contributed by atoms with Crippen LogP contribution in [0.3, 0.4) is 0 Å². The molecule has 2 aliphatic heterocycles. The summed E-state index contributed by atoms with van der Waals surface area (Å²) in [5.41, 5.74) is 0.242. The molecule has 2 rings (SSSR count). The van der Waals surface area contributed by atoms with Crippen LogP contribution in [0.5, 0.6) is 0 Å². The lowest BCUT2D eigenvalue weighted by molar-refractivity contribution is 0.0378. The van der Waals surface area contributed by atoms with Crippen molar-refractivity contribution >= 4 is 0 Å². The van der Waals surface area contributed by atoms with Gasteiger partial charge < -0.3 is 20.3 Å². The molecule has 2 heterocycles. The van der Waals surface area contributed by atoms with Gasteiger partial charge in [0.2, 0.25) is 0 Å². The molecular weight excluding hydrogens is 312 g/mol. The Balaban J connectivity index is 0.000000251. The van der Waals surface area contributed by atoms with E-state index in [1.54, 1.807) is 0 Å². The van der Waals surface area contributed by atoms with Gasteiger partial charge in [-0.1, -0.05) is 13.8 Å². The van der Waals surface area contributed by atoms with Gasteiger partial charge in [0.15, 0.2) is 0 Å². The van der Waals surface area contributed by atoms with E-state index in [-0.39, 0.29) is 5.54 Å². The summed E-state index contributed by atoms with van der Waals surface area (Å²) in [6.07, 6.45) is 4.10. The summed E-state index contributed by atoms with van der Waals surface area (Å²) in [4.78, 5) is 4.93. The fourth-order valence-corrected chi connectivity index (χ4v) is 3.30. The van der Waals surface area contributed by atoms with E-state index >= 15 is 0 Å². The molecule has 5 heteroatoms. The van der Waals surface area contributed by atoms with Crippen molar-refractivity contribution in [3.8, 4) is 0 Å². The van der Waals surface area contributed by atoms with Gasteiger partial charge in [-0.2, -0.15) is 0 Å². The quantitative estimate of drug-likeness (QED) is 0.732. The number of likely N-dealkylation sites (tertiary alicyclic amines) is 1. The summed E-state index contributed by atoms with van der Waals surface area (Å²) in [7, 11) is 2.24. The Bertz CT molecular complexity index is 324. The largest absolute Gasteiger partial charge is 0.379 e. The van der Waals surface area contributed by atoms with Crippen molar-refractivity contribution in [1.29, 1.82) is 0 Å². The first kappa shape index (κ1) is 22.8. The summed E-state index contributed by atoms with van der Waals surface area (Å²) >= 11 is 0. The van der Waals surface area contributed by atoms with E-state index in [0.717, 1.165) is 45.4 Å². The third-order valence-corrected chi connectivity index (χ3v) is 4.89. The molecule has 25 heavy (non-hydrogen) atoms. The standard InChI is InChI=1S/C10H22N2O.C10H22N2/c1-10(2,3)11-4-5-12-6-8-13-9-7-12;1-9(2)11-7-6-10-5-4-8-12(10)3/h11H,4-9H2,1-3H3;9-11H,4-8H2,1-3H3. The van der Waals surface area contributed by atoms with Crippen LogP contribution in [0.1, 0.15) is 53.9 Å². The number of nitrogens with one attached hydrogen (secondary N) is 2. The molecule has 2 aliphatic rings. The fraction of sp³-hybridized carbons (Fsp3) is 1.00. The Morgan fingerprint density at radius 3 is 2.28 bits per heavy atom. The predicted octanol–water partition coefficient (Wildman–Crippen LogP) is 2.18. The maximum absolute atomic E-state index is 5.28. The molecule has 2 saturated heterocycles. The van der Waals surface area contributed by atoms with Gasteiger partial charge in [0.1, 0.15) is 0 Å². The maximum atomic E-state index is 5.28. The van der Waals surface area contributed by atoms with Crippen LogP contribution in [0.15, 0.2) is 0 Å². The van der Waals surface area contributed by atoms with Gasteiger partial charge in [-0.15, -0.1) is 0 Å². The van der Waals surface area contributed by atoms with E-state index in [0.29, 0.717) is 6.04 Å². The number of nitrogens with zero attached hydrogens (tertiary/aromatic N) is 2. The minimum atomic E-state index is 0.242. The molecular formula is C20H44N4O. The molecule has 1 unspecified atom stereocenters. The molecule has 0 saturated carbocycles. The van der Waals surface area contributed by atoms with Crippen molar-refractivity contribution < 1.29 is 4.74 Å². The normalized spacial score (nSPS) is 22.9. The second-order valence-electron chi connectivity index (χ2n) is 8.80. The minimum Gasteiger partial charge on any atom is -0.379 e. The van der Waals surface area contributed by atoms with E-state index in [9.17, 15) is 0 Å². The SMILES string of the molecule is CC(C)(C)NCCN1CCOCC1.CC(C)NCCC1CCCN1C. The molecule has 5 nitrogen and oxygen atoms in total. The topological polar surface area (TPSA) is 39.8 Å². The summed E-state index contributed by atoms with van der Waals surface area (Å²) < 4.78 is 5.28. The first-order chi connectivity index (χ1) is 11.8. The molecule has 0 bridgehead atoms. The molecule has 150 valence electrons. The number of ether oxygens (including phenoxy) is 1.